The molecule has 1 fully saturated rings. The van der Waals surface area contributed by atoms with E-state index in [-0.39, 0.29) is 18.1 Å². The molecule has 1 aromatic heterocycles. The van der Waals surface area contributed by atoms with Gasteiger partial charge in [0.15, 0.2) is 5.75 Å². The minimum Gasteiger partial charge on any atom is -0.444 e. The molecule has 1 N–H and O–H groups in total. The molecule has 1 amide bonds. The molecule has 10 heteroatoms. The summed E-state index contributed by atoms with van der Waals surface area (Å²) in [5, 5.41) is 15.0. The number of ether oxygens (including phenoxy) is 3. The van der Waals surface area contributed by atoms with Crippen LogP contribution in [0.5, 0.6) is 5.75 Å². The van der Waals surface area contributed by atoms with Gasteiger partial charge in [-0.25, -0.2) is 14.6 Å². The molecule has 0 aliphatic carbocycles. The van der Waals surface area contributed by atoms with E-state index >= 15 is 0 Å². The van der Waals surface area contributed by atoms with E-state index in [0.717, 1.165) is 46.2 Å². The maximum atomic E-state index is 12.5. The van der Waals surface area contributed by atoms with Crippen LogP contribution < -0.4 is 10.1 Å². The first-order valence-corrected chi connectivity index (χ1v) is 14.9. The van der Waals surface area contributed by atoms with Gasteiger partial charge in [-0.3, -0.25) is 0 Å². The molecule has 3 aromatic carbocycles. The second-order valence-corrected chi connectivity index (χ2v) is 12.5. The fourth-order valence-corrected chi connectivity index (χ4v) is 5.52. The van der Waals surface area contributed by atoms with E-state index in [0.29, 0.717) is 36.5 Å². The summed E-state index contributed by atoms with van der Waals surface area (Å²) >= 11 is 0. The molecule has 44 heavy (non-hydrogen) atoms. The van der Waals surface area contributed by atoms with Crippen LogP contribution in [0, 0.1) is 11.3 Å². The van der Waals surface area contributed by atoms with Crippen molar-refractivity contribution in [2.75, 3.05) is 25.5 Å². The van der Waals surface area contributed by atoms with Crippen molar-refractivity contribution >= 4 is 39.7 Å². The second kappa shape index (κ2) is 12.4. The van der Waals surface area contributed by atoms with Crippen molar-refractivity contribution in [3.63, 3.8) is 0 Å². The highest BCUT2D eigenvalue weighted by atomic mass is 16.7. The van der Waals surface area contributed by atoms with Gasteiger partial charge >= 0.3 is 12.2 Å². The highest BCUT2D eigenvalue weighted by Gasteiger charge is 2.28. The Balaban J connectivity index is 1.47. The summed E-state index contributed by atoms with van der Waals surface area (Å²) in [5.74, 6) is 1.25. The molecule has 0 spiro atoms. The number of hydrogen-bond donors (Lipinski definition) is 1. The van der Waals surface area contributed by atoms with Crippen molar-refractivity contribution in [2.24, 2.45) is 0 Å². The van der Waals surface area contributed by atoms with Crippen LogP contribution in [0.3, 0.4) is 0 Å². The summed E-state index contributed by atoms with van der Waals surface area (Å²) in [7, 11) is 1.27. The number of nitrogens with one attached hydrogen (secondary N) is 1. The molecule has 0 saturated carbocycles. The van der Waals surface area contributed by atoms with Crippen LogP contribution in [0.4, 0.5) is 15.3 Å². The minimum absolute atomic E-state index is 0.0904. The summed E-state index contributed by atoms with van der Waals surface area (Å²) < 4.78 is 18.1. The number of amides is 1. The van der Waals surface area contributed by atoms with Gasteiger partial charge in [0, 0.05) is 43.3 Å². The third-order valence-electron chi connectivity index (χ3n) is 7.62. The van der Waals surface area contributed by atoms with E-state index in [9.17, 15) is 14.9 Å². The largest absolute Gasteiger partial charge is 0.513 e. The lowest BCUT2D eigenvalue weighted by atomic mass is 10.0. The number of nitriles is 1. The lowest BCUT2D eigenvalue weighted by Crippen LogP contribution is -2.44. The van der Waals surface area contributed by atoms with Crippen LogP contribution >= 0.6 is 0 Å². The Morgan fingerprint density at radius 1 is 1.07 bits per heavy atom. The Labute approximate surface area is 257 Å². The third-order valence-corrected chi connectivity index (χ3v) is 7.62. The maximum Gasteiger partial charge on any atom is 0.513 e. The fraction of sp³-hybridized carbons (Fsp3) is 0.412. The zero-order valence-corrected chi connectivity index (χ0v) is 26.1. The Hall–Kier alpha value is -4.78. The molecular formula is C34H39N5O5. The number of methoxy groups -OCH3 is 1. The number of benzene rings is 3. The van der Waals surface area contributed by atoms with E-state index in [4.69, 9.17) is 19.2 Å². The quantitative estimate of drug-likeness (QED) is 0.183. The first-order valence-electron chi connectivity index (χ1n) is 14.9. The van der Waals surface area contributed by atoms with Crippen LogP contribution in [-0.2, 0) is 16.0 Å². The second-order valence-electron chi connectivity index (χ2n) is 12.5. The van der Waals surface area contributed by atoms with Crippen molar-refractivity contribution in [3.05, 3.63) is 65.5 Å². The first-order chi connectivity index (χ1) is 20.9. The Kier molecular flexibility index (Phi) is 8.68. The summed E-state index contributed by atoms with van der Waals surface area (Å²) in [6.07, 6.45) is 0.359. The average molecular weight is 598 g/mol. The van der Waals surface area contributed by atoms with E-state index < -0.39 is 11.8 Å². The van der Waals surface area contributed by atoms with Gasteiger partial charge in [-0.05, 0) is 74.2 Å². The molecule has 5 rings (SSSR count). The third kappa shape index (κ3) is 6.88. The van der Waals surface area contributed by atoms with Crippen LogP contribution in [0.1, 0.15) is 70.3 Å². The van der Waals surface area contributed by atoms with Crippen molar-refractivity contribution in [1.82, 2.24) is 14.5 Å². The molecule has 2 heterocycles. The molecule has 0 unspecified atom stereocenters. The number of fused-ring (bicyclic) bond motifs is 2. The molecular weight excluding hydrogens is 558 g/mol. The standard InChI is InChI=1S/C34H39N5O5/c1-21(2)31-37-30-28(39(31)20-23-8-10-24-9-7-22(19-35)15-25(24)16-23)17-27(18-29(30)43-33(41)42-6)36-26-11-13-38(14-12-26)32(40)44-34(3,4)5/h7-10,15-18,21,26,36H,11-14,20H2,1-6H3. The van der Waals surface area contributed by atoms with Crippen molar-refractivity contribution in [1.29, 1.82) is 5.26 Å². The predicted octanol–water partition coefficient (Wildman–Crippen LogP) is 7.19. The van der Waals surface area contributed by atoms with Gasteiger partial charge in [0.25, 0.3) is 0 Å². The van der Waals surface area contributed by atoms with Gasteiger partial charge < -0.3 is 29.0 Å². The zero-order valence-electron chi connectivity index (χ0n) is 26.1. The van der Waals surface area contributed by atoms with Crippen LogP contribution in [0.25, 0.3) is 21.8 Å². The molecule has 10 nitrogen and oxygen atoms in total. The van der Waals surface area contributed by atoms with Gasteiger partial charge in [-0.1, -0.05) is 32.0 Å². The number of piperidine rings is 1. The van der Waals surface area contributed by atoms with Crippen LogP contribution in [0.15, 0.2) is 48.5 Å². The monoisotopic (exact) mass is 597 g/mol. The lowest BCUT2D eigenvalue weighted by molar-refractivity contribution is 0.0210. The molecule has 230 valence electrons. The van der Waals surface area contributed by atoms with E-state index in [1.807, 2.05) is 45.0 Å². The summed E-state index contributed by atoms with van der Waals surface area (Å²) in [6.45, 7) is 11.4. The topological polar surface area (TPSA) is 119 Å². The predicted molar refractivity (Wildman–Crippen MR) is 169 cm³/mol. The highest BCUT2D eigenvalue weighted by Crippen LogP contribution is 2.34. The van der Waals surface area contributed by atoms with Crippen molar-refractivity contribution in [2.45, 2.75) is 71.6 Å². The van der Waals surface area contributed by atoms with Gasteiger partial charge in [-0.2, -0.15) is 5.26 Å². The van der Waals surface area contributed by atoms with Gasteiger partial charge in [-0.15, -0.1) is 0 Å². The van der Waals surface area contributed by atoms with Gasteiger partial charge in [0.1, 0.15) is 16.9 Å². The number of carbonyl (C=O) groups is 2. The Bertz CT molecular complexity index is 1740. The maximum absolute atomic E-state index is 12.5. The van der Waals surface area contributed by atoms with E-state index in [1.54, 1.807) is 11.0 Å². The Morgan fingerprint density at radius 3 is 2.45 bits per heavy atom. The number of imidazole rings is 1. The van der Waals surface area contributed by atoms with Crippen LogP contribution in [-0.4, -0.2) is 58.5 Å². The zero-order chi connectivity index (χ0) is 31.6. The van der Waals surface area contributed by atoms with Gasteiger partial charge in [0.2, 0.25) is 0 Å². The van der Waals surface area contributed by atoms with Gasteiger partial charge in [0.05, 0.1) is 24.3 Å². The van der Waals surface area contributed by atoms with E-state index in [2.05, 4.69) is 48.0 Å². The molecule has 0 atom stereocenters. The number of nitrogens with zero attached hydrogens (tertiary/aromatic N) is 4. The molecule has 1 saturated heterocycles. The fourth-order valence-electron chi connectivity index (χ4n) is 5.52. The number of rotatable bonds is 6. The highest BCUT2D eigenvalue weighted by molar-refractivity contribution is 5.89. The number of carbonyl (C=O) groups excluding carboxylic acids is 2. The molecule has 1 aliphatic rings. The van der Waals surface area contributed by atoms with Crippen LogP contribution in [0.2, 0.25) is 0 Å². The lowest BCUT2D eigenvalue weighted by Gasteiger charge is -2.34. The van der Waals surface area contributed by atoms with Crippen molar-refractivity contribution in [3.8, 4) is 11.8 Å². The molecule has 4 aromatic rings. The SMILES string of the molecule is COC(=O)Oc1cc(NC2CCN(C(=O)OC(C)(C)C)CC2)cc2c1nc(C(C)C)n2Cc1ccc2ccc(C#N)cc2c1. The normalized spacial score (nSPS) is 14.1. The number of anilines is 1. The Morgan fingerprint density at radius 2 is 1.80 bits per heavy atom. The average Bonchev–Trinajstić information content (AvgIpc) is 3.34. The first kappa shape index (κ1) is 30.7. The summed E-state index contributed by atoms with van der Waals surface area (Å²) in [4.78, 5) is 31.5. The minimum atomic E-state index is -0.822. The van der Waals surface area contributed by atoms with Crippen molar-refractivity contribution < 1.29 is 23.8 Å². The number of aromatic nitrogens is 2. The number of likely N-dealkylation sites (tertiary alicyclic amines) is 1. The number of hydrogen-bond acceptors (Lipinski definition) is 8. The molecule has 0 bridgehead atoms. The summed E-state index contributed by atoms with van der Waals surface area (Å²) in [5.41, 5.74) is 3.29. The smallest absolute Gasteiger partial charge is 0.444 e. The van der Waals surface area contributed by atoms with E-state index in [1.165, 1.54) is 7.11 Å². The summed E-state index contributed by atoms with van der Waals surface area (Å²) in [6, 6.07) is 18.0. The molecule has 1 aliphatic heterocycles. The molecule has 0 radical (unpaired) electrons.